The average Bonchev–Trinajstić information content (AvgIpc) is 2.72. The van der Waals surface area contributed by atoms with E-state index in [0.717, 1.165) is 10.8 Å². The van der Waals surface area contributed by atoms with Gasteiger partial charge in [0.15, 0.2) is 0 Å². The highest BCUT2D eigenvalue weighted by atomic mass is 32.2. The standard InChI is InChI=1S/C22H19NO5S/c1-3-22(2)14-23(19-11-9-17(21(24)25)13-20(19)28-22)29(26,27)18-10-8-15-6-4-5-7-16(15)12-18/h3-13H,1,14H2,2H3,(H,24,25)/t22-/m0/s1. The van der Waals surface area contributed by atoms with E-state index in [1.54, 1.807) is 25.1 Å². The number of aromatic carboxylic acids is 1. The lowest BCUT2D eigenvalue weighted by atomic mass is 10.0. The van der Waals surface area contributed by atoms with Crippen LogP contribution in [0.1, 0.15) is 17.3 Å². The molecule has 1 aliphatic rings. The number of benzene rings is 3. The van der Waals surface area contributed by atoms with Crippen LogP contribution in [0, 0.1) is 0 Å². The van der Waals surface area contributed by atoms with Crippen molar-refractivity contribution in [3.63, 3.8) is 0 Å². The maximum atomic E-state index is 13.5. The molecular formula is C22H19NO5S. The lowest BCUT2D eigenvalue weighted by Gasteiger charge is -2.40. The largest absolute Gasteiger partial charge is 0.479 e. The summed E-state index contributed by atoms with van der Waals surface area (Å²) < 4.78 is 34.2. The minimum atomic E-state index is -3.92. The van der Waals surface area contributed by atoms with Gasteiger partial charge in [-0.25, -0.2) is 13.2 Å². The summed E-state index contributed by atoms with van der Waals surface area (Å²) in [6, 6.07) is 16.7. The third kappa shape index (κ3) is 3.23. The molecule has 1 aliphatic heterocycles. The van der Waals surface area contributed by atoms with Crippen molar-refractivity contribution in [3.05, 3.63) is 78.9 Å². The van der Waals surface area contributed by atoms with Crippen LogP contribution in [0.15, 0.2) is 78.2 Å². The summed E-state index contributed by atoms with van der Waals surface area (Å²) in [4.78, 5) is 11.5. The number of hydrogen-bond acceptors (Lipinski definition) is 4. The van der Waals surface area contributed by atoms with E-state index >= 15 is 0 Å². The number of fused-ring (bicyclic) bond motifs is 2. The normalized spacial score (nSPS) is 18.7. The van der Waals surface area contributed by atoms with Crippen molar-refractivity contribution < 1.29 is 23.1 Å². The Morgan fingerprint density at radius 1 is 1.14 bits per heavy atom. The Bertz CT molecular complexity index is 1250. The van der Waals surface area contributed by atoms with Gasteiger partial charge in [0, 0.05) is 0 Å². The molecule has 0 spiro atoms. The number of nitrogens with zero attached hydrogens (tertiary/aromatic N) is 1. The molecule has 0 fully saturated rings. The quantitative estimate of drug-likeness (QED) is 0.657. The predicted molar refractivity (Wildman–Crippen MR) is 111 cm³/mol. The van der Waals surface area contributed by atoms with E-state index in [1.807, 2.05) is 24.3 Å². The smallest absolute Gasteiger partial charge is 0.335 e. The maximum Gasteiger partial charge on any atom is 0.335 e. The van der Waals surface area contributed by atoms with Gasteiger partial charge in [0.2, 0.25) is 0 Å². The summed E-state index contributed by atoms with van der Waals surface area (Å²) in [6.45, 7) is 5.48. The number of ether oxygens (including phenoxy) is 1. The second-order valence-corrected chi connectivity index (χ2v) is 8.99. The summed E-state index contributed by atoms with van der Waals surface area (Å²) in [5, 5.41) is 11.0. The van der Waals surface area contributed by atoms with E-state index in [0.29, 0.717) is 5.69 Å². The molecule has 4 rings (SSSR count). The third-order valence-electron chi connectivity index (χ3n) is 5.02. The minimum absolute atomic E-state index is 0.0140. The zero-order valence-electron chi connectivity index (χ0n) is 15.7. The summed E-state index contributed by atoms with van der Waals surface area (Å²) >= 11 is 0. The molecule has 1 N–H and O–H groups in total. The van der Waals surface area contributed by atoms with Gasteiger partial charge in [-0.2, -0.15) is 0 Å². The molecule has 0 amide bonds. The van der Waals surface area contributed by atoms with Gasteiger partial charge < -0.3 is 9.84 Å². The fourth-order valence-corrected chi connectivity index (χ4v) is 4.97. The summed E-state index contributed by atoms with van der Waals surface area (Å²) in [5.74, 6) is -0.936. The van der Waals surface area contributed by atoms with Crippen LogP contribution >= 0.6 is 0 Å². The van der Waals surface area contributed by atoms with Gasteiger partial charge in [0.1, 0.15) is 11.4 Å². The minimum Gasteiger partial charge on any atom is -0.479 e. The SMILES string of the molecule is C=C[C@@]1(C)CN(S(=O)(=O)c2ccc3ccccc3c2)c2ccc(C(=O)O)cc2O1. The summed E-state index contributed by atoms with van der Waals surface area (Å²) in [5.41, 5.74) is -0.698. The molecule has 0 saturated heterocycles. The van der Waals surface area contributed by atoms with Crippen LogP contribution in [0.2, 0.25) is 0 Å². The van der Waals surface area contributed by atoms with E-state index in [2.05, 4.69) is 6.58 Å². The topological polar surface area (TPSA) is 83.9 Å². The zero-order valence-corrected chi connectivity index (χ0v) is 16.5. The fourth-order valence-electron chi connectivity index (χ4n) is 3.36. The van der Waals surface area contributed by atoms with Crippen LogP contribution in [0.25, 0.3) is 10.8 Å². The Morgan fingerprint density at radius 3 is 2.55 bits per heavy atom. The Kier molecular flexibility index (Phi) is 4.35. The Balaban J connectivity index is 1.87. The van der Waals surface area contributed by atoms with Gasteiger partial charge in [-0.3, -0.25) is 4.31 Å². The van der Waals surface area contributed by atoms with Crippen molar-refractivity contribution in [2.75, 3.05) is 10.8 Å². The molecule has 0 aromatic heterocycles. The Labute approximate surface area is 168 Å². The number of carbonyl (C=O) groups is 1. The van der Waals surface area contributed by atoms with E-state index < -0.39 is 21.6 Å². The second kappa shape index (κ2) is 6.63. The van der Waals surface area contributed by atoms with Gasteiger partial charge in [-0.1, -0.05) is 36.9 Å². The van der Waals surface area contributed by atoms with Crippen molar-refractivity contribution in [1.82, 2.24) is 0 Å². The van der Waals surface area contributed by atoms with E-state index in [1.165, 1.54) is 28.6 Å². The van der Waals surface area contributed by atoms with Crippen molar-refractivity contribution in [3.8, 4) is 5.75 Å². The fraction of sp³-hybridized carbons (Fsp3) is 0.136. The highest BCUT2D eigenvalue weighted by Gasteiger charge is 2.40. The maximum absolute atomic E-state index is 13.5. The van der Waals surface area contributed by atoms with E-state index in [4.69, 9.17) is 4.74 Å². The van der Waals surface area contributed by atoms with Gasteiger partial charge >= 0.3 is 5.97 Å². The lowest BCUT2D eigenvalue weighted by molar-refractivity contribution is 0.0695. The molecule has 0 unspecified atom stereocenters. The molecule has 0 radical (unpaired) electrons. The monoisotopic (exact) mass is 409 g/mol. The first-order chi connectivity index (χ1) is 13.7. The van der Waals surface area contributed by atoms with E-state index in [-0.39, 0.29) is 22.8 Å². The molecule has 1 heterocycles. The first-order valence-corrected chi connectivity index (χ1v) is 10.4. The van der Waals surface area contributed by atoms with Crippen molar-refractivity contribution >= 4 is 32.5 Å². The highest BCUT2D eigenvalue weighted by molar-refractivity contribution is 7.92. The number of carboxylic acids is 1. The molecule has 3 aromatic rings. The predicted octanol–water partition coefficient (Wildman–Crippen LogP) is 4.07. The highest BCUT2D eigenvalue weighted by Crippen LogP contribution is 2.41. The van der Waals surface area contributed by atoms with Crippen molar-refractivity contribution in [2.45, 2.75) is 17.4 Å². The Morgan fingerprint density at radius 2 is 1.86 bits per heavy atom. The molecule has 0 bridgehead atoms. The molecule has 29 heavy (non-hydrogen) atoms. The van der Waals surface area contributed by atoms with Gasteiger partial charge in [-0.05, 0) is 54.1 Å². The number of carboxylic acid groups (broad SMARTS) is 1. The third-order valence-corrected chi connectivity index (χ3v) is 6.77. The molecule has 148 valence electrons. The van der Waals surface area contributed by atoms with Crippen molar-refractivity contribution in [1.29, 1.82) is 0 Å². The van der Waals surface area contributed by atoms with Crippen LogP contribution in [-0.2, 0) is 10.0 Å². The van der Waals surface area contributed by atoms with Crippen LogP contribution < -0.4 is 9.04 Å². The average molecular weight is 409 g/mol. The number of sulfonamides is 1. The molecule has 7 heteroatoms. The Hall–Kier alpha value is -3.32. The molecule has 0 aliphatic carbocycles. The molecule has 1 atom stereocenters. The summed E-state index contributed by atoms with van der Waals surface area (Å²) in [6.07, 6.45) is 1.52. The van der Waals surface area contributed by atoms with Crippen LogP contribution in [0.4, 0.5) is 5.69 Å². The first-order valence-electron chi connectivity index (χ1n) is 8.95. The zero-order chi connectivity index (χ0) is 20.8. The first kappa shape index (κ1) is 19.0. The number of rotatable bonds is 4. The van der Waals surface area contributed by atoms with Crippen molar-refractivity contribution in [2.24, 2.45) is 0 Å². The molecule has 3 aromatic carbocycles. The molecular weight excluding hydrogens is 390 g/mol. The second-order valence-electron chi connectivity index (χ2n) is 7.13. The van der Waals surface area contributed by atoms with Crippen LogP contribution in [-0.4, -0.2) is 31.6 Å². The van der Waals surface area contributed by atoms with E-state index in [9.17, 15) is 18.3 Å². The molecule has 0 saturated carbocycles. The number of hydrogen-bond donors (Lipinski definition) is 1. The van der Waals surface area contributed by atoms with Gasteiger partial charge in [0.25, 0.3) is 10.0 Å². The lowest BCUT2D eigenvalue weighted by Crippen LogP contribution is -2.49. The van der Waals surface area contributed by atoms with Gasteiger partial charge in [0.05, 0.1) is 22.7 Å². The summed E-state index contributed by atoms with van der Waals surface area (Å²) in [7, 11) is -3.92. The number of anilines is 1. The van der Waals surface area contributed by atoms with Crippen LogP contribution in [0.5, 0.6) is 5.75 Å². The molecule has 6 nitrogen and oxygen atoms in total. The van der Waals surface area contributed by atoms with Crippen LogP contribution in [0.3, 0.4) is 0 Å². The van der Waals surface area contributed by atoms with Gasteiger partial charge in [-0.15, -0.1) is 0 Å².